The number of rotatable bonds is 0. The van der Waals surface area contributed by atoms with Gasteiger partial charge in [0.15, 0.2) is 0 Å². The summed E-state index contributed by atoms with van der Waals surface area (Å²) in [6.45, 7) is 0. The highest BCUT2D eigenvalue weighted by atomic mass is 32.1. The van der Waals surface area contributed by atoms with Crippen LogP contribution < -0.4 is 11.3 Å². The highest BCUT2D eigenvalue weighted by Crippen LogP contribution is 1.61. The molecule has 0 aliphatic carbocycles. The number of hydrogen-bond acceptors (Lipinski definition) is 3. The van der Waals surface area contributed by atoms with E-state index in [0.29, 0.717) is 0 Å². The van der Waals surface area contributed by atoms with Gasteiger partial charge in [-0.1, -0.05) is 0 Å². The summed E-state index contributed by atoms with van der Waals surface area (Å²) in [4.78, 5) is 10.1. The van der Waals surface area contributed by atoms with Crippen molar-refractivity contribution in [3.05, 3.63) is 0 Å². The van der Waals surface area contributed by atoms with Crippen LogP contribution in [0.25, 0.3) is 0 Å². The van der Waals surface area contributed by atoms with Gasteiger partial charge in [-0.2, -0.15) is 16.1 Å². The van der Waals surface area contributed by atoms with Crippen molar-refractivity contribution in [1.82, 2.24) is 5.43 Å². The third kappa shape index (κ3) is 2.18. The molecule has 0 aliphatic heterocycles. The van der Waals surface area contributed by atoms with Crippen molar-refractivity contribution in [3.63, 3.8) is 0 Å². The second kappa shape index (κ2) is 2.59. The second-order valence-corrected chi connectivity index (χ2v) is 1.49. The van der Waals surface area contributed by atoms with Gasteiger partial charge in [-0.05, 0) is 0 Å². The van der Waals surface area contributed by atoms with Crippen molar-refractivity contribution in [2.24, 2.45) is 5.84 Å². The number of hydrazine groups is 1. The van der Waals surface area contributed by atoms with E-state index in [0.717, 1.165) is 3.95 Å². The van der Waals surface area contributed by atoms with E-state index in [1.165, 1.54) is 7.05 Å². The van der Waals surface area contributed by atoms with Crippen LogP contribution in [-0.4, -0.2) is 17.0 Å². The SMILES string of the molecule is C[N+](=S)C(=O)NN. The molecule has 3 N–H and O–H groups in total. The van der Waals surface area contributed by atoms with Crippen LogP contribution in [0, 0.1) is 0 Å². The average Bonchev–Trinajstić information content (AvgIpc) is 1.65. The first-order valence-corrected chi connectivity index (χ1v) is 1.96. The number of nitrogens with two attached hydrogens (primary N) is 1. The molecule has 2 amide bonds. The van der Waals surface area contributed by atoms with Gasteiger partial charge in [0, 0.05) is 0 Å². The number of amides is 2. The summed E-state index contributed by atoms with van der Waals surface area (Å²) in [6.07, 6.45) is 0. The zero-order chi connectivity index (χ0) is 5.86. The van der Waals surface area contributed by atoms with Crippen LogP contribution in [0.4, 0.5) is 4.79 Å². The molecule has 0 rings (SSSR count). The van der Waals surface area contributed by atoms with Crippen LogP contribution >= 0.6 is 0 Å². The van der Waals surface area contributed by atoms with Crippen LogP contribution in [0.5, 0.6) is 0 Å². The topological polar surface area (TPSA) is 58.1 Å². The molecule has 0 aliphatic rings. The predicted octanol–water partition coefficient (Wildman–Crippen LogP) is -1.06. The van der Waals surface area contributed by atoms with Crippen molar-refractivity contribution < 1.29 is 8.74 Å². The Morgan fingerprint density at radius 3 is 2.43 bits per heavy atom. The molecule has 0 atom stereocenters. The average molecular weight is 120 g/mol. The molecule has 4 nitrogen and oxygen atoms in total. The maximum absolute atomic E-state index is 10.1. The summed E-state index contributed by atoms with van der Waals surface area (Å²) >= 11 is 4.34. The first kappa shape index (κ1) is 6.45. The molecule has 0 heterocycles. The van der Waals surface area contributed by atoms with E-state index in [1.54, 1.807) is 0 Å². The van der Waals surface area contributed by atoms with Gasteiger partial charge in [0.05, 0.1) is 7.05 Å². The predicted molar refractivity (Wildman–Crippen MR) is 26.3 cm³/mol. The largest absolute Gasteiger partial charge is 0.520 e. The summed E-state index contributed by atoms with van der Waals surface area (Å²) in [6, 6.07) is -0.477. The molecule has 0 spiro atoms. The van der Waals surface area contributed by atoms with E-state index in [2.05, 4.69) is 18.3 Å². The molecule has 5 heteroatoms. The third-order valence-electron chi connectivity index (χ3n) is 0.409. The van der Waals surface area contributed by atoms with Crippen molar-refractivity contribution in [3.8, 4) is 0 Å². The molecular weight excluding hydrogens is 114 g/mol. The summed E-state index contributed by atoms with van der Waals surface area (Å²) in [5, 5.41) is 0. The Balaban J connectivity index is 3.58. The van der Waals surface area contributed by atoms with Crippen molar-refractivity contribution in [1.29, 1.82) is 0 Å². The Labute approximate surface area is 46.4 Å². The van der Waals surface area contributed by atoms with Gasteiger partial charge in [-0.25, -0.2) is 0 Å². The van der Waals surface area contributed by atoms with E-state index in [1.807, 2.05) is 5.43 Å². The van der Waals surface area contributed by atoms with Crippen LogP contribution in [0.3, 0.4) is 0 Å². The van der Waals surface area contributed by atoms with E-state index in [9.17, 15) is 4.79 Å². The lowest BCUT2D eigenvalue weighted by Gasteiger charge is -1.82. The van der Waals surface area contributed by atoms with Gasteiger partial charge in [-0.15, -0.1) is 3.95 Å². The van der Waals surface area contributed by atoms with Crippen LogP contribution in [-0.2, 0) is 12.4 Å². The number of carbonyl (C=O) groups is 1. The monoisotopic (exact) mass is 120 g/mol. The normalized spacial score (nSPS) is 7.71. The zero-order valence-electron chi connectivity index (χ0n) is 3.84. The summed E-state index contributed by atoms with van der Waals surface area (Å²) < 4.78 is 0.931. The van der Waals surface area contributed by atoms with E-state index >= 15 is 0 Å². The fourth-order valence-corrected chi connectivity index (χ4v) is 0.144. The smallest absolute Gasteiger partial charge is 0.194 e. The van der Waals surface area contributed by atoms with Gasteiger partial charge in [0.25, 0.3) is 0 Å². The van der Waals surface area contributed by atoms with Crippen LogP contribution in [0.2, 0.25) is 0 Å². The Morgan fingerprint density at radius 1 is 2.00 bits per heavy atom. The van der Waals surface area contributed by atoms with E-state index < -0.39 is 6.03 Å². The molecule has 0 saturated carbocycles. The Morgan fingerprint density at radius 2 is 2.43 bits per heavy atom. The van der Waals surface area contributed by atoms with E-state index in [-0.39, 0.29) is 0 Å². The highest BCUT2D eigenvalue weighted by Gasteiger charge is 2.04. The minimum atomic E-state index is -0.477. The molecule has 0 saturated heterocycles. The summed E-state index contributed by atoms with van der Waals surface area (Å²) in [5.41, 5.74) is 1.85. The van der Waals surface area contributed by atoms with Crippen molar-refractivity contribution >= 4 is 18.5 Å². The fraction of sp³-hybridized carbons (Fsp3) is 0.500. The van der Waals surface area contributed by atoms with Crippen LogP contribution in [0.15, 0.2) is 0 Å². The fourth-order valence-electron chi connectivity index (χ4n) is 0.0909. The molecule has 0 bridgehead atoms. The molecule has 0 aromatic rings. The second-order valence-electron chi connectivity index (χ2n) is 0.947. The molecule has 0 aromatic heterocycles. The maximum Gasteiger partial charge on any atom is 0.520 e. The Hall–Kier alpha value is -0.550. The number of carbonyl (C=O) groups excluding carboxylic acids is 1. The lowest BCUT2D eigenvalue weighted by atomic mass is 11.0. The Kier molecular flexibility index (Phi) is 2.39. The molecule has 0 fully saturated rings. The number of urea groups is 1. The lowest BCUT2D eigenvalue weighted by Crippen LogP contribution is -2.34. The zero-order valence-corrected chi connectivity index (χ0v) is 4.66. The summed E-state index contributed by atoms with van der Waals surface area (Å²) in [7, 11) is 1.43. The first-order valence-electron chi connectivity index (χ1n) is 1.60. The van der Waals surface area contributed by atoms with Gasteiger partial charge in [0.1, 0.15) is 12.4 Å². The number of hydrogen-bond donors (Lipinski definition) is 2. The molecule has 0 radical (unpaired) electrons. The van der Waals surface area contributed by atoms with Gasteiger partial charge >= 0.3 is 6.03 Å². The van der Waals surface area contributed by atoms with Gasteiger partial charge in [-0.3, -0.25) is 0 Å². The summed E-state index contributed by atoms with van der Waals surface area (Å²) in [5.74, 6) is 4.67. The lowest BCUT2D eigenvalue weighted by molar-refractivity contribution is -0.361. The minimum absolute atomic E-state index is 0.477. The Bertz CT molecular complexity index is 101. The molecule has 7 heavy (non-hydrogen) atoms. The quantitative estimate of drug-likeness (QED) is 0.185. The number of nitrogens with one attached hydrogen (secondary N) is 1. The number of nitrogens with zero attached hydrogens (tertiary/aromatic N) is 1. The van der Waals surface area contributed by atoms with Crippen molar-refractivity contribution in [2.45, 2.75) is 0 Å². The third-order valence-corrected chi connectivity index (χ3v) is 0.575. The molecule has 0 aromatic carbocycles. The van der Waals surface area contributed by atoms with Crippen LogP contribution in [0.1, 0.15) is 0 Å². The standard InChI is InChI=1S/C2H5N3OS/c1-5(7)2(6)4-3/h1H3,(H2-,3,4,6,7)/p+1. The van der Waals surface area contributed by atoms with Gasteiger partial charge in [0.2, 0.25) is 0 Å². The van der Waals surface area contributed by atoms with Gasteiger partial charge < -0.3 is 0 Å². The van der Waals surface area contributed by atoms with E-state index in [4.69, 9.17) is 0 Å². The molecule has 0 unspecified atom stereocenters. The molecule has 40 valence electrons. The molecular formula is C2H6N3OS+. The van der Waals surface area contributed by atoms with Crippen molar-refractivity contribution in [2.75, 3.05) is 7.05 Å². The first-order chi connectivity index (χ1) is 3.18. The maximum atomic E-state index is 10.1. The highest BCUT2D eigenvalue weighted by molar-refractivity contribution is 7.44. The minimum Gasteiger partial charge on any atom is -0.194 e.